The van der Waals surface area contributed by atoms with Crippen LogP contribution in [0.4, 0.5) is 0 Å². The summed E-state index contributed by atoms with van der Waals surface area (Å²) in [5.74, 6) is 1.43. The molecule has 0 aromatic carbocycles. The Morgan fingerprint density at radius 2 is 2.18 bits per heavy atom. The summed E-state index contributed by atoms with van der Waals surface area (Å²) >= 11 is 0. The van der Waals surface area contributed by atoms with Gasteiger partial charge in [0.1, 0.15) is 0 Å². The van der Waals surface area contributed by atoms with Crippen LogP contribution < -0.4 is 0 Å². The van der Waals surface area contributed by atoms with Gasteiger partial charge in [0.15, 0.2) is 9.84 Å². The second-order valence-corrected chi connectivity index (χ2v) is 4.45. The zero-order valence-electron chi connectivity index (χ0n) is 6.91. The summed E-state index contributed by atoms with van der Waals surface area (Å²) in [7, 11) is -2.95. The summed E-state index contributed by atoms with van der Waals surface area (Å²) in [6.45, 7) is 5.38. The lowest BCUT2D eigenvalue weighted by Gasteiger charge is -1.98. The summed E-state index contributed by atoms with van der Waals surface area (Å²) in [6.07, 6.45) is 4.10. The van der Waals surface area contributed by atoms with E-state index >= 15 is 0 Å². The van der Waals surface area contributed by atoms with Gasteiger partial charge in [0.2, 0.25) is 0 Å². The average molecular weight is 177 g/mol. The molecule has 0 saturated heterocycles. The zero-order valence-corrected chi connectivity index (χ0v) is 7.73. The van der Waals surface area contributed by atoms with Crippen LogP contribution in [0.2, 0.25) is 0 Å². The van der Waals surface area contributed by atoms with E-state index in [1.165, 1.54) is 11.8 Å². The highest BCUT2D eigenvalue weighted by Gasteiger charge is 2.06. The van der Waals surface area contributed by atoms with Gasteiger partial charge in [-0.2, -0.15) is 0 Å². The molecule has 3 heteroatoms. The van der Waals surface area contributed by atoms with Crippen LogP contribution in [0.15, 0.2) is 12.7 Å². The molecule has 0 rings (SSSR count). The van der Waals surface area contributed by atoms with Crippen molar-refractivity contribution in [3.63, 3.8) is 0 Å². The monoisotopic (exact) mass is 177 g/mol. The minimum absolute atomic E-state index is 0.257. The first-order valence-electron chi connectivity index (χ1n) is 3.81. The van der Waals surface area contributed by atoms with Crippen molar-refractivity contribution in [3.05, 3.63) is 18.4 Å². The van der Waals surface area contributed by atoms with Gasteiger partial charge >= 0.3 is 0 Å². The third-order valence-corrected chi connectivity index (χ3v) is 2.80. The summed E-state index contributed by atoms with van der Waals surface area (Å²) < 4.78 is 22.0. The molecule has 0 heterocycles. The predicted octanol–water partition coefficient (Wildman–Crippen LogP) is 1.94. The molecule has 1 radical (unpaired) electrons. The predicted molar refractivity (Wildman–Crippen MR) is 47.8 cm³/mol. The van der Waals surface area contributed by atoms with Crippen molar-refractivity contribution in [1.29, 1.82) is 0 Å². The second-order valence-electron chi connectivity index (χ2n) is 2.45. The van der Waals surface area contributed by atoms with E-state index in [2.05, 4.69) is 6.58 Å². The Morgan fingerprint density at radius 3 is 2.64 bits per heavy atom. The quantitative estimate of drug-likeness (QED) is 0.581. The molecule has 0 saturated carbocycles. The summed E-state index contributed by atoms with van der Waals surface area (Å²) in [5, 5.41) is 0. The van der Waals surface area contributed by atoms with Crippen LogP contribution in [0.25, 0.3) is 0 Å². The Balaban J connectivity index is 3.65. The highest BCUT2D eigenvalue weighted by molar-refractivity contribution is 7.93. The fourth-order valence-electron chi connectivity index (χ4n) is 0.768. The van der Waals surface area contributed by atoms with E-state index < -0.39 is 9.84 Å². The minimum Gasteiger partial charge on any atom is -0.228 e. The number of hydrogen-bond acceptors (Lipinski definition) is 2. The van der Waals surface area contributed by atoms with Crippen molar-refractivity contribution in [1.82, 2.24) is 0 Å². The van der Waals surface area contributed by atoms with Crippen LogP contribution in [0, 0.1) is 5.75 Å². The lowest BCUT2D eigenvalue weighted by Crippen LogP contribution is -2.04. The zero-order chi connectivity index (χ0) is 8.74. The molecule has 0 N–H and O–H groups in total. The molecule has 65 valence electrons. The molecule has 0 aromatic heterocycles. The van der Waals surface area contributed by atoms with Crippen molar-refractivity contribution >= 4 is 9.84 Å². The van der Waals surface area contributed by atoms with Crippen molar-refractivity contribution in [2.45, 2.75) is 26.2 Å². The van der Waals surface area contributed by atoms with Crippen LogP contribution in [-0.2, 0) is 9.84 Å². The van der Waals surface area contributed by atoms with E-state index in [1.54, 1.807) is 0 Å². The Bertz CT molecular complexity index is 192. The normalized spacial score (nSPS) is 11.4. The standard InChI is InChI=1S/C8H15O2S/c1-3-5-6-8-11(9,10)7-4-2/h4,7H,2-3,5-6,8H2,1H3/i8+2. The van der Waals surface area contributed by atoms with Gasteiger partial charge in [0.05, 0.1) is 11.5 Å². The van der Waals surface area contributed by atoms with Crippen molar-refractivity contribution in [3.8, 4) is 0 Å². The minimum atomic E-state index is -2.95. The third-order valence-electron chi connectivity index (χ3n) is 1.34. The van der Waals surface area contributed by atoms with Gasteiger partial charge in [0.25, 0.3) is 0 Å². The lowest BCUT2D eigenvalue weighted by molar-refractivity contribution is 0.597. The Labute approximate surface area is 69.2 Å². The molecule has 2 nitrogen and oxygen atoms in total. The molecule has 0 aliphatic carbocycles. The van der Waals surface area contributed by atoms with E-state index in [0.717, 1.165) is 19.3 Å². The maximum atomic E-state index is 11.0. The molecule has 0 atom stereocenters. The van der Waals surface area contributed by atoms with Gasteiger partial charge < -0.3 is 0 Å². The molecule has 0 bridgehead atoms. The first-order valence-corrected chi connectivity index (χ1v) is 5.52. The lowest BCUT2D eigenvalue weighted by atomic mass is 10.3. The Morgan fingerprint density at radius 1 is 1.55 bits per heavy atom. The van der Waals surface area contributed by atoms with Crippen LogP contribution in [0.5, 0.6) is 0 Å². The van der Waals surface area contributed by atoms with Gasteiger partial charge in [-0.1, -0.05) is 25.8 Å². The number of unbranched alkanes of at least 4 members (excludes halogenated alkanes) is 2. The van der Waals surface area contributed by atoms with Crippen LogP contribution in [0.3, 0.4) is 0 Å². The fraction of sp³-hybridized carbons (Fsp3) is 0.625. The molecule has 0 aliphatic heterocycles. The maximum Gasteiger partial charge on any atom is 0.158 e. The number of sulfone groups is 1. The molecule has 0 aromatic rings. The Hall–Kier alpha value is -0.310. The van der Waals surface area contributed by atoms with E-state index in [9.17, 15) is 8.42 Å². The fourth-order valence-corrected chi connectivity index (χ4v) is 1.80. The van der Waals surface area contributed by atoms with Gasteiger partial charge in [-0.3, -0.25) is 0 Å². The van der Waals surface area contributed by atoms with Crippen LogP contribution in [0.1, 0.15) is 26.2 Å². The van der Waals surface area contributed by atoms with E-state index in [1.807, 2.05) is 6.92 Å². The first-order chi connectivity index (χ1) is 5.12. The highest BCUT2D eigenvalue weighted by atomic mass is 32.2. The summed E-state index contributed by atoms with van der Waals surface area (Å²) in [5.41, 5.74) is 0. The molecule has 11 heavy (non-hydrogen) atoms. The topological polar surface area (TPSA) is 34.1 Å². The van der Waals surface area contributed by atoms with Crippen molar-refractivity contribution < 1.29 is 8.42 Å². The average Bonchev–Trinajstić information content (AvgIpc) is 1.87. The Kier molecular flexibility index (Phi) is 5.20. The molecule has 0 aliphatic rings. The molecule has 0 amide bonds. The molecule has 0 fully saturated rings. The largest absolute Gasteiger partial charge is 0.228 e. The molecule has 0 spiro atoms. The smallest absolute Gasteiger partial charge is 0.158 e. The molecule has 0 unspecified atom stereocenters. The van der Waals surface area contributed by atoms with Crippen LogP contribution >= 0.6 is 0 Å². The second kappa shape index (κ2) is 5.35. The first kappa shape index (κ1) is 10.7. The third kappa shape index (κ3) is 6.10. The van der Waals surface area contributed by atoms with E-state index in [-0.39, 0.29) is 5.75 Å². The number of hydrogen-bond donors (Lipinski definition) is 0. The summed E-state index contributed by atoms with van der Waals surface area (Å²) in [4.78, 5) is 0. The van der Waals surface area contributed by atoms with Gasteiger partial charge in [0, 0.05) is 0 Å². The van der Waals surface area contributed by atoms with Crippen molar-refractivity contribution in [2.75, 3.05) is 5.75 Å². The van der Waals surface area contributed by atoms with Gasteiger partial charge in [-0.05, 0) is 6.42 Å². The summed E-state index contributed by atoms with van der Waals surface area (Å²) in [6, 6.07) is 0. The van der Waals surface area contributed by atoms with Gasteiger partial charge in [-0.15, -0.1) is 6.58 Å². The molecular weight excluding hydrogens is 162 g/mol. The SMILES string of the molecule is C=C[CH]S(=O)(=O)[14CH2]CCCC. The van der Waals surface area contributed by atoms with E-state index in [0.29, 0.717) is 0 Å². The van der Waals surface area contributed by atoms with E-state index in [4.69, 9.17) is 0 Å². The highest BCUT2D eigenvalue weighted by Crippen LogP contribution is 2.02. The van der Waals surface area contributed by atoms with Crippen molar-refractivity contribution in [2.24, 2.45) is 0 Å². The number of rotatable bonds is 6. The maximum absolute atomic E-state index is 11.0. The molecular formula is C8H15O2S. The van der Waals surface area contributed by atoms with Gasteiger partial charge in [-0.25, -0.2) is 8.42 Å². The van der Waals surface area contributed by atoms with Crippen LogP contribution in [-0.4, -0.2) is 14.2 Å².